The van der Waals surface area contributed by atoms with Gasteiger partial charge in [-0.25, -0.2) is 0 Å². The summed E-state index contributed by atoms with van der Waals surface area (Å²) in [5.74, 6) is 0.263. The fraction of sp³-hybridized carbons (Fsp3) is 0.455. The fourth-order valence-electron chi connectivity index (χ4n) is 4.18. The molecule has 0 spiro atoms. The van der Waals surface area contributed by atoms with Gasteiger partial charge in [-0.1, -0.05) is 17.7 Å². The van der Waals surface area contributed by atoms with Crippen molar-refractivity contribution in [3.63, 3.8) is 0 Å². The molecule has 1 aromatic heterocycles. The molecule has 6 heteroatoms. The van der Waals surface area contributed by atoms with Gasteiger partial charge in [-0.15, -0.1) is 23.1 Å². The lowest BCUT2D eigenvalue weighted by Gasteiger charge is -2.38. The molecule has 0 unspecified atom stereocenters. The molecule has 3 rings (SSSR count). The third-order valence-corrected chi connectivity index (χ3v) is 7.69. The molecule has 3 N–H and O–H groups in total. The van der Waals surface area contributed by atoms with Crippen molar-refractivity contribution in [2.24, 2.45) is 0 Å². The first-order valence-corrected chi connectivity index (χ1v) is 11.3. The lowest BCUT2D eigenvalue weighted by atomic mass is 9.81. The molecule has 1 aliphatic rings. The molecule has 1 amide bonds. The van der Waals surface area contributed by atoms with Gasteiger partial charge in [-0.05, 0) is 58.7 Å². The predicted molar refractivity (Wildman–Crippen MR) is 117 cm³/mol. The number of nitrogens with one attached hydrogen (secondary N) is 1. The Morgan fingerprint density at radius 3 is 2.68 bits per heavy atom. The quantitative estimate of drug-likeness (QED) is 0.740. The van der Waals surface area contributed by atoms with E-state index in [1.807, 2.05) is 0 Å². The molecule has 0 saturated carbocycles. The number of nitrogens with zero attached hydrogens (tertiary/aromatic N) is 1. The number of thioether (sulfide) groups is 1. The second-order valence-electron chi connectivity index (χ2n) is 8.86. The van der Waals surface area contributed by atoms with Crippen LogP contribution < -0.4 is 10.6 Å². The summed E-state index contributed by atoms with van der Waals surface area (Å²) >= 11 is 3.09. The summed E-state index contributed by atoms with van der Waals surface area (Å²) in [5, 5.41) is 15.8. The highest BCUT2D eigenvalue weighted by molar-refractivity contribution is 8.00. The van der Waals surface area contributed by atoms with Gasteiger partial charge in [0.1, 0.15) is 16.6 Å². The topological polar surface area (TPSA) is 69.5 Å². The highest BCUT2D eigenvalue weighted by atomic mass is 32.2. The first kappa shape index (κ1) is 20.9. The Balaban J connectivity index is 1.79. The Hall–Kier alpha value is -1.81. The molecule has 148 valence electrons. The van der Waals surface area contributed by atoms with Crippen LogP contribution in [0.3, 0.4) is 0 Å². The Labute approximate surface area is 175 Å². The number of amides is 1. The van der Waals surface area contributed by atoms with Crippen molar-refractivity contribution in [2.45, 2.75) is 63.9 Å². The highest BCUT2D eigenvalue weighted by Crippen LogP contribution is 2.41. The second-order valence-corrected chi connectivity index (χ2v) is 10.9. The van der Waals surface area contributed by atoms with Crippen LogP contribution in [0.1, 0.15) is 54.8 Å². The zero-order valence-corrected chi connectivity index (χ0v) is 19.0. The monoisotopic (exact) mass is 414 g/mol. The summed E-state index contributed by atoms with van der Waals surface area (Å²) in [6, 6.07) is 8.60. The van der Waals surface area contributed by atoms with Gasteiger partial charge in [-0.2, -0.15) is 5.26 Å². The first-order valence-electron chi connectivity index (χ1n) is 9.45. The molecule has 28 heavy (non-hydrogen) atoms. The number of carbonyl (C=O) groups is 1. The summed E-state index contributed by atoms with van der Waals surface area (Å²) in [5.41, 5.74) is 4.06. The minimum absolute atomic E-state index is 0.0310. The molecule has 1 aromatic carbocycles. The molecule has 2 aromatic rings. The molecule has 0 bridgehead atoms. The lowest BCUT2D eigenvalue weighted by Crippen LogP contribution is -3.03. The molecule has 0 saturated heterocycles. The summed E-state index contributed by atoms with van der Waals surface area (Å²) in [6.45, 7) is 12.9. The molecule has 0 aliphatic carbocycles. The fourth-order valence-corrected chi connectivity index (χ4v) is 6.25. The molecule has 4 nitrogen and oxygen atoms in total. The van der Waals surface area contributed by atoms with Crippen LogP contribution in [0.25, 0.3) is 0 Å². The van der Waals surface area contributed by atoms with Crippen molar-refractivity contribution >= 4 is 34.0 Å². The number of anilines is 1. The van der Waals surface area contributed by atoms with Crippen LogP contribution in [0.5, 0.6) is 0 Å². The standard InChI is InChI=1S/C22H27N3OS2/c1-13-7-8-17(14(2)9-13)27-12-18(26)24-20-16(11-23)15-10-21(3,4)25-22(5,6)19(15)28-20/h7-9,25H,10,12H2,1-6H3,(H,24,26)/p+1. The highest BCUT2D eigenvalue weighted by Gasteiger charge is 2.44. The average Bonchev–Trinajstić information content (AvgIpc) is 2.90. The average molecular weight is 415 g/mol. The van der Waals surface area contributed by atoms with Crippen LogP contribution in [0.15, 0.2) is 23.1 Å². The summed E-state index contributed by atoms with van der Waals surface area (Å²) in [6.07, 6.45) is 0.832. The van der Waals surface area contributed by atoms with Crippen LogP contribution >= 0.6 is 23.1 Å². The Morgan fingerprint density at radius 2 is 2.04 bits per heavy atom. The van der Waals surface area contributed by atoms with Gasteiger partial charge in [0.05, 0.1) is 21.7 Å². The van der Waals surface area contributed by atoms with E-state index in [2.05, 4.69) is 76.4 Å². The minimum Gasteiger partial charge on any atom is -0.333 e. The number of fused-ring (bicyclic) bond motifs is 1. The van der Waals surface area contributed by atoms with Crippen LogP contribution in [0, 0.1) is 25.2 Å². The van der Waals surface area contributed by atoms with E-state index in [9.17, 15) is 10.1 Å². The van der Waals surface area contributed by atoms with Crippen molar-refractivity contribution < 1.29 is 10.1 Å². The van der Waals surface area contributed by atoms with Gasteiger partial charge >= 0.3 is 0 Å². The van der Waals surface area contributed by atoms with Gasteiger partial charge in [-0.3, -0.25) is 4.79 Å². The molecule has 0 fully saturated rings. The number of nitriles is 1. The van der Waals surface area contributed by atoms with Crippen molar-refractivity contribution in [3.8, 4) is 6.07 Å². The maximum Gasteiger partial charge on any atom is 0.235 e. The number of thiophene rings is 1. The summed E-state index contributed by atoms with van der Waals surface area (Å²) < 4.78 is 0. The van der Waals surface area contributed by atoms with Crippen LogP contribution in [0.2, 0.25) is 0 Å². The molecular formula is C22H28N3OS2+. The third kappa shape index (κ3) is 4.27. The summed E-state index contributed by atoms with van der Waals surface area (Å²) in [4.78, 5) is 14.9. The maximum atomic E-state index is 12.6. The number of benzene rings is 1. The van der Waals surface area contributed by atoms with E-state index in [-0.39, 0.29) is 17.0 Å². The minimum atomic E-state index is -0.107. The van der Waals surface area contributed by atoms with Crippen molar-refractivity contribution in [2.75, 3.05) is 11.1 Å². The smallest absolute Gasteiger partial charge is 0.235 e. The number of nitrogens with two attached hydrogens (primary N) is 1. The van der Waals surface area contributed by atoms with E-state index >= 15 is 0 Å². The second kappa shape index (κ2) is 7.55. The molecular weight excluding hydrogens is 386 g/mol. The van der Waals surface area contributed by atoms with E-state index in [4.69, 9.17) is 0 Å². The van der Waals surface area contributed by atoms with Gasteiger partial charge in [0.25, 0.3) is 0 Å². The van der Waals surface area contributed by atoms with Gasteiger partial charge in [0, 0.05) is 11.3 Å². The van der Waals surface area contributed by atoms with E-state index in [0.29, 0.717) is 16.3 Å². The zero-order chi connectivity index (χ0) is 20.7. The molecule has 2 heterocycles. The Bertz CT molecular complexity index is 967. The van der Waals surface area contributed by atoms with Crippen molar-refractivity contribution in [1.82, 2.24) is 0 Å². The van der Waals surface area contributed by atoms with Gasteiger partial charge in [0.2, 0.25) is 5.91 Å². The lowest BCUT2D eigenvalue weighted by molar-refractivity contribution is -0.789. The number of carbonyl (C=O) groups excluding carboxylic acids is 1. The number of rotatable bonds is 4. The number of aryl methyl sites for hydroxylation is 2. The molecule has 1 aliphatic heterocycles. The SMILES string of the molecule is Cc1ccc(SCC(=O)Nc2sc3c(c2C#N)CC(C)(C)[NH2+]C3(C)C)c(C)c1. The Morgan fingerprint density at radius 1 is 1.32 bits per heavy atom. The van der Waals surface area contributed by atoms with Gasteiger partial charge < -0.3 is 10.6 Å². The predicted octanol–water partition coefficient (Wildman–Crippen LogP) is 4.10. The van der Waals surface area contributed by atoms with Crippen molar-refractivity contribution in [1.29, 1.82) is 5.26 Å². The van der Waals surface area contributed by atoms with Gasteiger partial charge in [0.15, 0.2) is 0 Å². The normalized spacial score (nSPS) is 16.9. The molecule has 0 atom stereocenters. The van der Waals surface area contributed by atoms with Crippen LogP contribution in [-0.2, 0) is 16.8 Å². The third-order valence-electron chi connectivity index (χ3n) is 5.03. The number of hydrogen-bond donors (Lipinski definition) is 2. The zero-order valence-electron chi connectivity index (χ0n) is 17.4. The van der Waals surface area contributed by atoms with Crippen LogP contribution in [-0.4, -0.2) is 17.2 Å². The van der Waals surface area contributed by atoms with E-state index in [1.54, 1.807) is 11.3 Å². The summed E-state index contributed by atoms with van der Waals surface area (Å²) in [7, 11) is 0. The number of quaternary nitrogens is 1. The number of hydrogen-bond acceptors (Lipinski definition) is 4. The van der Waals surface area contributed by atoms with E-state index in [0.717, 1.165) is 16.9 Å². The van der Waals surface area contributed by atoms with E-state index in [1.165, 1.54) is 27.8 Å². The first-order chi connectivity index (χ1) is 13.0. The Kier molecular flexibility index (Phi) is 5.64. The maximum absolute atomic E-state index is 12.6. The van der Waals surface area contributed by atoms with Crippen LogP contribution in [0.4, 0.5) is 5.00 Å². The van der Waals surface area contributed by atoms with E-state index < -0.39 is 0 Å². The molecule has 0 radical (unpaired) electrons. The largest absolute Gasteiger partial charge is 0.333 e. The van der Waals surface area contributed by atoms with Crippen molar-refractivity contribution in [3.05, 3.63) is 45.3 Å².